The van der Waals surface area contributed by atoms with Gasteiger partial charge in [-0.3, -0.25) is 0 Å². The van der Waals surface area contributed by atoms with Crippen LogP contribution < -0.4 is 0 Å². The number of aromatic amines is 1. The number of aromatic nitrogens is 1. The third kappa shape index (κ3) is 3.43. The minimum atomic E-state index is -0.640. The molecule has 0 unspecified atom stereocenters. The predicted molar refractivity (Wildman–Crippen MR) is 86.6 cm³/mol. The van der Waals surface area contributed by atoms with Gasteiger partial charge in [0, 0.05) is 23.1 Å². The standard InChI is InChI=1S/C14H8F3N.C5H7N/c15-10-3-1-8(2-4-10)13-6-9-5-11(16)7-12(17)14(9)18-13;6-4-5-2-1-3-5/h1-7,18H;5H,1-3H2. The van der Waals surface area contributed by atoms with Crippen molar-refractivity contribution in [2.45, 2.75) is 19.3 Å². The lowest BCUT2D eigenvalue weighted by atomic mass is 9.87. The molecule has 5 heteroatoms. The van der Waals surface area contributed by atoms with E-state index in [1.54, 1.807) is 18.2 Å². The fourth-order valence-corrected chi connectivity index (χ4v) is 2.49. The lowest BCUT2D eigenvalue weighted by molar-refractivity contribution is 0.397. The van der Waals surface area contributed by atoms with Crippen LogP contribution in [-0.2, 0) is 0 Å². The summed E-state index contributed by atoms with van der Waals surface area (Å²) in [5, 5.41) is 8.59. The van der Waals surface area contributed by atoms with Crippen LogP contribution in [-0.4, -0.2) is 4.98 Å². The second kappa shape index (κ2) is 6.79. The summed E-state index contributed by atoms with van der Waals surface area (Å²) in [7, 11) is 0. The largest absolute Gasteiger partial charge is 0.352 e. The van der Waals surface area contributed by atoms with Gasteiger partial charge in [-0.15, -0.1) is 0 Å². The molecule has 0 amide bonds. The van der Waals surface area contributed by atoms with Gasteiger partial charge in [-0.25, -0.2) is 13.2 Å². The van der Waals surface area contributed by atoms with Gasteiger partial charge in [0.15, 0.2) is 0 Å². The zero-order chi connectivity index (χ0) is 17.1. The number of nitriles is 1. The van der Waals surface area contributed by atoms with E-state index in [0.717, 1.165) is 18.9 Å². The van der Waals surface area contributed by atoms with Crippen LogP contribution in [0.1, 0.15) is 19.3 Å². The number of halogens is 3. The molecule has 1 fully saturated rings. The molecule has 2 nitrogen and oxygen atoms in total. The van der Waals surface area contributed by atoms with E-state index >= 15 is 0 Å². The van der Waals surface area contributed by atoms with Crippen molar-refractivity contribution in [3.63, 3.8) is 0 Å². The second-order valence-electron chi connectivity index (χ2n) is 5.80. The Bertz CT molecular complexity index is 887. The topological polar surface area (TPSA) is 39.6 Å². The molecule has 1 aromatic heterocycles. The molecular weight excluding hydrogens is 313 g/mol. The van der Waals surface area contributed by atoms with E-state index in [2.05, 4.69) is 11.1 Å². The number of benzene rings is 2. The zero-order valence-corrected chi connectivity index (χ0v) is 12.8. The summed E-state index contributed by atoms with van der Waals surface area (Å²) in [6.07, 6.45) is 3.57. The Hall–Kier alpha value is -2.74. The minimum Gasteiger partial charge on any atom is -0.352 e. The molecule has 24 heavy (non-hydrogen) atoms. The van der Waals surface area contributed by atoms with Gasteiger partial charge in [0.1, 0.15) is 17.5 Å². The summed E-state index contributed by atoms with van der Waals surface area (Å²) in [6, 6.07) is 11.7. The number of nitrogens with zero attached hydrogens (tertiary/aromatic N) is 1. The molecule has 2 aromatic carbocycles. The van der Waals surface area contributed by atoms with Gasteiger partial charge in [0.25, 0.3) is 0 Å². The first-order valence-electron chi connectivity index (χ1n) is 7.70. The number of fused-ring (bicyclic) bond motifs is 1. The highest BCUT2D eigenvalue weighted by Crippen LogP contribution is 2.26. The van der Waals surface area contributed by atoms with Crippen molar-refractivity contribution in [3.05, 3.63) is 59.9 Å². The summed E-state index contributed by atoms with van der Waals surface area (Å²) in [4.78, 5) is 2.86. The molecular formula is C19H15F3N2. The zero-order valence-electron chi connectivity index (χ0n) is 12.8. The summed E-state index contributed by atoms with van der Waals surface area (Å²) in [5.74, 6) is -1.18. The van der Waals surface area contributed by atoms with Gasteiger partial charge in [-0.2, -0.15) is 5.26 Å². The number of nitrogens with one attached hydrogen (secondary N) is 1. The van der Waals surface area contributed by atoms with Crippen molar-refractivity contribution in [1.82, 2.24) is 4.98 Å². The van der Waals surface area contributed by atoms with E-state index < -0.39 is 11.6 Å². The molecule has 122 valence electrons. The van der Waals surface area contributed by atoms with Crippen LogP contribution >= 0.6 is 0 Å². The predicted octanol–water partition coefficient (Wildman–Crippen LogP) is 5.56. The monoisotopic (exact) mass is 328 g/mol. The first kappa shape index (κ1) is 16.1. The van der Waals surface area contributed by atoms with Crippen LogP contribution in [0.4, 0.5) is 13.2 Å². The Balaban J connectivity index is 0.000000238. The van der Waals surface area contributed by atoms with Crippen molar-refractivity contribution in [3.8, 4) is 17.3 Å². The average Bonchev–Trinajstić information content (AvgIpc) is 2.91. The highest BCUT2D eigenvalue weighted by Gasteiger charge is 2.15. The fraction of sp³-hybridized carbons (Fsp3) is 0.211. The molecule has 0 saturated heterocycles. The normalized spacial score (nSPS) is 13.8. The number of hydrogen-bond donors (Lipinski definition) is 1. The maximum atomic E-state index is 13.5. The third-order valence-electron chi connectivity index (χ3n) is 4.09. The number of H-pyrrole nitrogens is 1. The highest BCUT2D eigenvalue weighted by molar-refractivity contribution is 5.86. The van der Waals surface area contributed by atoms with E-state index in [1.165, 1.54) is 24.6 Å². The van der Waals surface area contributed by atoms with Gasteiger partial charge in [0.2, 0.25) is 0 Å². The SMILES string of the molecule is Fc1ccc(-c2cc3cc(F)cc(F)c3[nH]2)cc1.N#CC1CCC1. The van der Waals surface area contributed by atoms with E-state index in [4.69, 9.17) is 5.26 Å². The van der Waals surface area contributed by atoms with Crippen molar-refractivity contribution >= 4 is 10.9 Å². The van der Waals surface area contributed by atoms with Gasteiger partial charge < -0.3 is 4.98 Å². The van der Waals surface area contributed by atoms with Gasteiger partial charge >= 0.3 is 0 Å². The lowest BCUT2D eigenvalue weighted by Crippen LogP contribution is -2.06. The molecule has 0 aliphatic heterocycles. The summed E-state index contributed by atoms with van der Waals surface area (Å²) >= 11 is 0. The molecule has 3 aromatic rings. The smallest absolute Gasteiger partial charge is 0.150 e. The molecule has 1 N–H and O–H groups in total. The molecule has 0 spiro atoms. The highest BCUT2D eigenvalue weighted by atomic mass is 19.1. The quantitative estimate of drug-likeness (QED) is 0.624. The molecule has 4 rings (SSSR count). The van der Waals surface area contributed by atoms with Crippen LogP contribution in [0.5, 0.6) is 0 Å². The van der Waals surface area contributed by atoms with Crippen molar-refractivity contribution < 1.29 is 13.2 Å². The van der Waals surface area contributed by atoms with Gasteiger partial charge in [-0.1, -0.05) is 6.42 Å². The van der Waals surface area contributed by atoms with Crippen molar-refractivity contribution in [1.29, 1.82) is 5.26 Å². The van der Waals surface area contributed by atoms with Crippen LogP contribution in [0.25, 0.3) is 22.2 Å². The molecule has 1 aliphatic carbocycles. The van der Waals surface area contributed by atoms with Crippen LogP contribution in [0.2, 0.25) is 0 Å². The Labute approximate surface area is 137 Å². The molecule has 1 heterocycles. The van der Waals surface area contributed by atoms with E-state index in [1.807, 2.05) is 0 Å². The van der Waals surface area contributed by atoms with Crippen molar-refractivity contribution in [2.75, 3.05) is 0 Å². The summed E-state index contributed by atoms with van der Waals surface area (Å²) in [6.45, 7) is 0. The number of hydrogen-bond acceptors (Lipinski definition) is 1. The first-order chi connectivity index (χ1) is 11.6. The Kier molecular flexibility index (Phi) is 4.57. The molecule has 1 saturated carbocycles. The van der Waals surface area contributed by atoms with Crippen LogP contribution in [0.15, 0.2) is 42.5 Å². The Morgan fingerprint density at radius 3 is 2.21 bits per heavy atom. The minimum absolute atomic E-state index is 0.246. The number of rotatable bonds is 1. The fourth-order valence-electron chi connectivity index (χ4n) is 2.49. The summed E-state index contributed by atoms with van der Waals surface area (Å²) < 4.78 is 39.4. The maximum Gasteiger partial charge on any atom is 0.150 e. The van der Waals surface area contributed by atoms with E-state index in [9.17, 15) is 13.2 Å². The van der Waals surface area contributed by atoms with Crippen LogP contribution in [0, 0.1) is 34.7 Å². The van der Waals surface area contributed by atoms with E-state index in [-0.39, 0.29) is 11.3 Å². The molecule has 0 radical (unpaired) electrons. The van der Waals surface area contributed by atoms with Crippen LogP contribution in [0.3, 0.4) is 0 Å². The van der Waals surface area contributed by atoms with Crippen molar-refractivity contribution in [2.24, 2.45) is 5.92 Å². The average molecular weight is 328 g/mol. The summed E-state index contributed by atoms with van der Waals surface area (Å²) in [5.41, 5.74) is 1.58. The third-order valence-corrected chi connectivity index (χ3v) is 4.09. The van der Waals surface area contributed by atoms with Gasteiger partial charge in [0.05, 0.1) is 11.6 Å². The molecule has 0 bridgehead atoms. The first-order valence-corrected chi connectivity index (χ1v) is 7.70. The van der Waals surface area contributed by atoms with E-state index in [0.29, 0.717) is 22.6 Å². The van der Waals surface area contributed by atoms with Gasteiger partial charge in [-0.05, 0) is 54.8 Å². The lowest BCUT2D eigenvalue weighted by Gasteiger charge is -2.15. The molecule has 1 aliphatic rings. The maximum absolute atomic E-state index is 13.5. The Morgan fingerprint density at radius 1 is 0.958 bits per heavy atom. The Morgan fingerprint density at radius 2 is 1.67 bits per heavy atom. The second-order valence-corrected chi connectivity index (χ2v) is 5.80. The molecule has 0 atom stereocenters.